The number of halogens is 1. The van der Waals surface area contributed by atoms with Crippen LogP contribution in [0.15, 0.2) is 24.3 Å². The molecule has 0 saturated carbocycles. The van der Waals surface area contributed by atoms with Crippen LogP contribution in [0, 0.1) is 0 Å². The lowest BCUT2D eigenvalue weighted by molar-refractivity contribution is -0.858. The molecule has 1 aromatic carbocycles. The Kier molecular flexibility index (Phi) is 4.45. The number of nitrogens with one attached hydrogen (secondary N) is 3. The number of hydrogen-bond acceptors (Lipinski definition) is 1. The Morgan fingerprint density at radius 3 is 2.89 bits per heavy atom. The van der Waals surface area contributed by atoms with E-state index in [9.17, 15) is 4.79 Å². The Morgan fingerprint density at radius 2 is 2.16 bits per heavy atom. The zero-order chi connectivity index (χ0) is 13.8. The van der Waals surface area contributed by atoms with Gasteiger partial charge in [-0.3, -0.25) is 4.79 Å². The summed E-state index contributed by atoms with van der Waals surface area (Å²) in [4.78, 5) is 16.4. The summed E-state index contributed by atoms with van der Waals surface area (Å²) in [7, 11) is 4.20. The highest BCUT2D eigenvalue weighted by Gasteiger charge is 2.09. The molecular weight excluding hydrogens is 262 g/mol. The van der Waals surface area contributed by atoms with Gasteiger partial charge in [0, 0.05) is 28.9 Å². The zero-order valence-electron chi connectivity index (χ0n) is 11.2. The number of fused-ring (bicyclic) bond motifs is 1. The molecule has 0 saturated heterocycles. The summed E-state index contributed by atoms with van der Waals surface area (Å²) in [6, 6.07) is 7.36. The van der Waals surface area contributed by atoms with Crippen molar-refractivity contribution in [3.8, 4) is 0 Å². The number of carbonyl (C=O) groups is 1. The first-order valence-electron chi connectivity index (χ1n) is 6.42. The van der Waals surface area contributed by atoms with Crippen molar-refractivity contribution in [1.82, 2.24) is 10.3 Å². The highest BCUT2D eigenvalue weighted by atomic mass is 35.5. The van der Waals surface area contributed by atoms with Gasteiger partial charge in [0.25, 0.3) is 5.91 Å². The van der Waals surface area contributed by atoms with Gasteiger partial charge in [0.2, 0.25) is 0 Å². The van der Waals surface area contributed by atoms with Gasteiger partial charge >= 0.3 is 0 Å². The fraction of sp³-hybridized carbons (Fsp3) is 0.357. The average Bonchev–Trinajstić information content (AvgIpc) is 2.77. The SMILES string of the molecule is C[NH+](C)CCCNC(=O)c1cc2cc(Cl)ccc2[nH]1. The van der Waals surface area contributed by atoms with E-state index in [-0.39, 0.29) is 5.91 Å². The molecule has 102 valence electrons. The summed E-state index contributed by atoms with van der Waals surface area (Å²) in [5.74, 6) is -0.0684. The van der Waals surface area contributed by atoms with Crippen LogP contribution in [-0.2, 0) is 0 Å². The molecule has 19 heavy (non-hydrogen) atoms. The van der Waals surface area contributed by atoms with Gasteiger partial charge in [-0.2, -0.15) is 0 Å². The summed E-state index contributed by atoms with van der Waals surface area (Å²) in [6.45, 7) is 1.74. The van der Waals surface area contributed by atoms with E-state index in [0.717, 1.165) is 23.9 Å². The van der Waals surface area contributed by atoms with E-state index in [1.54, 1.807) is 0 Å². The number of hydrogen-bond donors (Lipinski definition) is 3. The van der Waals surface area contributed by atoms with E-state index in [4.69, 9.17) is 11.6 Å². The highest BCUT2D eigenvalue weighted by Crippen LogP contribution is 2.19. The first-order chi connectivity index (χ1) is 9.06. The Bertz CT molecular complexity index is 577. The fourth-order valence-electron chi connectivity index (χ4n) is 1.96. The summed E-state index contributed by atoms with van der Waals surface area (Å²) in [5, 5.41) is 4.54. The van der Waals surface area contributed by atoms with E-state index < -0.39 is 0 Å². The Morgan fingerprint density at radius 1 is 1.37 bits per heavy atom. The van der Waals surface area contributed by atoms with E-state index in [1.807, 2.05) is 24.3 Å². The third kappa shape index (κ3) is 3.72. The van der Waals surface area contributed by atoms with Crippen molar-refractivity contribution in [3.05, 3.63) is 35.0 Å². The molecule has 0 aliphatic heterocycles. The predicted molar refractivity (Wildman–Crippen MR) is 77.9 cm³/mol. The standard InChI is InChI=1S/C14H18ClN3O/c1-18(2)7-3-6-16-14(19)13-9-10-8-11(15)4-5-12(10)17-13/h4-5,8-9,17H,3,6-7H2,1-2H3,(H,16,19)/p+1. The fourth-order valence-corrected chi connectivity index (χ4v) is 2.15. The van der Waals surface area contributed by atoms with E-state index in [1.165, 1.54) is 4.90 Å². The van der Waals surface area contributed by atoms with Crippen molar-refractivity contribution in [2.24, 2.45) is 0 Å². The summed E-state index contributed by atoms with van der Waals surface area (Å²) in [6.07, 6.45) is 0.972. The van der Waals surface area contributed by atoms with Crippen LogP contribution in [0.25, 0.3) is 10.9 Å². The first-order valence-corrected chi connectivity index (χ1v) is 6.79. The highest BCUT2D eigenvalue weighted by molar-refractivity contribution is 6.31. The smallest absolute Gasteiger partial charge is 0.267 e. The molecule has 4 nitrogen and oxygen atoms in total. The first kappa shape index (κ1) is 13.9. The number of quaternary nitrogens is 1. The number of rotatable bonds is 5. The minimum absolute atomic E-state index is 0.0684. The number of amides is 1. The Hall–Kier alpha value is -1.52. The monoisotopic (exact) mass is 280 g/mol. The van der Waals surface area contributed by atoms with E-state index >= 15 is 0 Å². The number of carbonyl (C=O) groups excluding carboxylic acids is 1. The molecular formula is C14H19ClN3O+. The molecule has 2 aromatic rings. The maximum absolute atomic E-state index is 12.0. The molecule has 0 aliphatic carbocycles. The molecule has 0 unspecified atom stereocenters. The normalized spacial score (nSPS) is 11.2. The van der Waals surface area contributed by atoms with Crippen LogP contribution in [0.5, 0.6) is 0 Å². The average molecular weight is 281 g/mol. The number of aromatic amines is 1. The molecule has 0 atom stereocenters. The maximum Gasteiger partial charge on any atom is 0.267 e. The Balaban J connectivity index is 1.97. The van der Waals surface area contributed by atoms with Crippen LogP contribution in [0.3, 0.4) is 0 Å². The van der Waals surface area contributed by atoms with Gasteiger partial charge in [0.05, 0.1) is 20.6 Å². The largest absolute Gasteiger partial charge is 0.351 e. The van der Waals surface area contributed by atoms with Crippen molar-refractivity contribution in [3.63, 3.8) is 0 Å². The second-order valence-electron chi connectivity index (χ2n) is 4.98. The molecule has 0 spiro atoms. The van der Waals surface area contributed by atoms with E-state index in [0.29, 0.717) is 17.3 Å². The lowest BCUT2D eigenvalue weighted by Crippen LogP contribution is -3.05. The van der Waals surface area contributed by atoms with Crippen molar-refractivity contribution in [1.29, 1.82) is 0 Å². The van der Waals surface area contributed by atoms with Crippen LogP contribution in [0.1, 0.15) is 16.9 Å². The van der Waals surface area contributed by atoms with Crippen LogP contribution in [0.2, 0.25) is 5.02 Å². The van der Waals surface area contributed by atoms with Gasteiger partial charge < -0.3 is 15.2 Å². The van der Waals surface area contributed by atoms with Crippen LogP contribution in [0.4, 0.5) is 0 Å². The zero-order valence-corrected chi connectivity index (χ0v) is 12.0. The lowest BCUT2D eigenvalue weighted by atomic mass is 10.2. The van der Waals surface area contributed by atoms with Gasteiger partial charge in [0.15, 0.2) is 0 Å². The molecule has 5 heteroatoms. The maximum atomic E-state index is 12.0. The topological polar surface area (TPSA) is 49.3 Å². The van der Waals surface area contributed by atoms with Crippen LogP contribution >= 0.6 is 11.6 Å². The minimum atomic E-state index is -0.0684. The molecule has 0 aliphatic rings. The molecule has 0 fully saturated rings. The summed E-state index contributed by atoms with van der Waals surface area (Å²) in [5.41, 5.74) is 1.50. The van der Waals surface area contributed by atoms with Gasteiger partial charge in [-0.15, -0.1) is 0 Å². The second-order valence-corrected chi connectivity index (χ2v) is 5.42. The van der Waals surface area contributed by atoms with Crippen molar-refractivity contribution < 1.29 is 9.69 Å². The minimum Gasteiger partial charge on any atom is -0.351 e. The van der Waals surface area contributed by atoms with Gasteiger partial charge in [-0.1, -0.05) is 11.6 Å². The number of H-pyrrole nitrogens is 1. The summed E-state index contributed by atoms with van der Waals surface area (Å²) < 4.78 is 0. The molecule has 1 aromatic heterocycles. The molecule has 0 radical (unpaired) electrons. The quantitative estimate of drug-likeness (QED) is 0.706. The van der Waals surface area contributed by atoms with Crippen LogP contribution in [-0.4, -0.2) is 38.1 Å². The lowest BCUT2D eigenvalue weighted by Gasteiger charge is -2.07. The Labute approximate surface area is 117 Å². The van der Waals surface area contributed by atoms with Crippen molar-refractivity contribution in [2.75, 3.05) is 27.2 Å². The second kappa shape index (κ2) is 6.08. The summed E-state index contributed by atoms with van der Waals surface area (Å²) >= 11 is 5.92. The van der Waals surface area contributed by atoms with Gasteiger partial charge in [0.1, 0.15) is 5.69 Å². The number of aromatic nitrogens is 1. The van der Waals surface area contributed by atoms with E-state index in [2.05, 4.69) is 24.4 Å². The van der Waals surface area contributed by atoms with Crippen molar-refractivity contribution >= 4 is 28.4 Å². The van der Waals surface area contributed by atoms with Crippen molar-refractivity contribution in [2.45, 2.75) is 6.42 Å². The molecule has 3 N–H and O–H groups in total. The molecule has 1 amide bonds. The van der Waals surface area contributed by atoms with Gasteiger partial charge in [-0.05, 0) is 24.3 Å². The molecule has 0 bridgehead atoms. The molecule has 2 rings (SSSR count). The third-order valence-electron chi connectivity index (χ3n) is 2.97. The molecule has 1 heterocycles. The third-order valence-corrected chi connectivity index (χ3v) is 3.20. The van der Waals surface area contributed by atoms with Crippen LogP contribution < -0.4 is 10.2 Å². The number of benzene rings is 1. The predicted octanol–water partition coefficient (Wildman–Crippen LogP) is 1.09. The van der Waals surface area contributed by atoms with Gasteiger partial charge in [-0.25, -0.2) is 0 Å².